The standard InChI is InChI=1S/C16H31BrN6/c17-22(19-10-4-1-5-11-19)16(18)23(20-12-6-2-7-13-20)21-14-8-3-9-15-21/h18H,1-15H2. The van der Waals surface area contributed by atoms with E-state index < -0.39 is 0 Å². The third-order valence-corrected chi connectivity index (χ3v) is 5.93. The zero-order chi connectivity index (χ0) is 16.1. The van der Waals surface area contributed by atoms with Crippen molar-refractivity contribution < 1.29 is 0 Å². The van der Waals surface area contributed by atoms with E-state index in [9.17, 15) is 0 Å². The van der Waals surface area contributed by atoms with Crippen LogP contribution in [0.3, 0.4) is 0 Å². The minimum Gasteiger partial charge on any atom is -0.265 e. The summed E-state index contributed by atoms with van der Waals surface area (Å²) in [7, 11) is 0. The van der Waals surface area contributed by atoms with Crippen LogP contribution in [0.4, 0.5) is 0 Å². The van der Waals surface area contributed by atoms with Crippen molar-refractivity contribution in [2.45, 2.75) is 57.8 Å². The summed E-state index contributed by atoms with van der Waals surface area (Å²) in [5.74, 6) is 0.552. The summed E-state index contributed by atoms with van der Waals surface area (Å²) in [6.45, 7) is 6.36. The van der Waals surface area contributed by atoms with E-state index in [2.05, 4.69) is 36.3 Å². The molecule has 0 aliphatic carbocycles. The number of piperidine rings is 3. The van der Waals surface area contributed by atoms with Gasteiger partial charge in [-0.2, -0.15) is 0 Å². The topological polar surface area (TPSA) is 40.1 Å². The lowest BCUT2D eigenvalue weighted by Gasteiger charge is -2.48. The Kier molecular flexibility index (Phi) is 6.56. The molecule has 0 amide bonds. The monoisotopic (exact) mass is 386 g/mol. The van der Waals surface area contributed by atoms with Gasteiger partial charge in [0.15, 0.2) is 0 Å². The number of rotatable bonds is 3. The van der Waals surface area contributed by atoms with Crippen molar-refractivity contribution in [1.29, 1.82) is 5.41 Å². The second-order valence-electron chi connectivity index (χ2n) is 6.92. The Morgan fingerprint density at radius 3 is 1.35 bits per heavy atom. The maximum atomic E-state index is 8.84. The first kappa shape index (κ1) is 17.5. The highest BCUT2D eigenvalue weighted by molar-refractivity contribution is 9.07. The van der Waals surface area contributed by atoms with Crippen LogP contribution in [-0.4, -0.2) is 69.4 Å². The molecule has 0 atom stereocenters. The van der Waals surface area contributed by atoms with Crippen LogP contribution in [0.1, 0.15) is 57.8 Å². The second kappa shape index (κ2) is 8.65. The van der Waals surface area contributed by atoms with Gasteiger partial charge in [-0.1, -0.05) is 19.3 Å². The van der Waals surface area contributed by atoms with Gasteiger partial charge in [0.1, 0.15) is 0 Å². The number of halogens is 1. The predicted octanol–water partition coefficient (Wildman–Crippen LogP) is 3.04. The number of hydrazine groups is 3. The third-order valence-electron chi connectivity index (χ3n) is 5.15. The van der Waals surface area contributed by atoms with Crippen LogP contribution < -0.4 is 0 Å². The fourth-order valence-electron chi connectivity index (χ4n) is 3.84. The zero-order valence-electron chi connectivity index (χ0n) is 14.2. The zero-order valence-corrected chi connectivity index (χ0v) is 15.8. The number of nitrogens with zero attached hydrogens (tertiary/aromatic N) is 5. The van der Waals surface area contributed by atoms with Crippen LogP contribution >= 0.6 is 16.1 Å². The van der Waals surface area contributed by atoms with Crippen molar-refractivity contribution >= 4 is 22.1 Å². The molecular formula is C16H31BrN6. The maximum absolute atomic E-state index is 8.84. The van der Waals surface area contributed by atoms with Crippen molar-refractivity contribution in [1.82, 2.24) is 24.2 Å². The minimum absolute atomic E-state index is 0.552. The Morgan fingerprint density at radius 1 is 0.609 bits per heavy atom. The molecule has 0 saturated carbocycles. The van der Waals surface area contributed by atoms with Crippen molar-refractivity contribution in [2.24, 2.45) is 0 Å². The lowest BCUT2D eigenvalue weighted by Crippen LogP contribution is -2.63. The first-order valence-corrected chi connectivity index (χ1v) is 10.1. The van der Waals surface area contributed by atoms with Gasteiger partial charge in [0.25, 0.3) is 0 Å². The molecule has 1 N–H and O–H groups in total. The summed E-state index contributed by atoms with van der Waals surface area (Å²) in [5.41, 5.74) is 0. The fraction of sp³-hybridized carbons (Fsp3) is 0.938. The van der Waals surface area contributed by atoms with Crippen LogP contribution in [0.2, 0.25) is 0 Å². The van der Waals surface area contributed by atoms with Crippen molar-refractivity contribution in [3.63, 3.8) is 0 Å². The third kappa shape index (κ3) is 4.38. The first-order valence-electron chi connectivity index (χ1n) is 9.36. The predicted molar refractivity (Wildman–Crippen MR) is 96.6 cm³/mol. The molecule has 0 aromatic carbocycles. The SMILES string of the molecule is N=C(N(Br)N1CCCCC1)N(N1CCCCC1)N1CCCCC1. The van der Waals surface area contributed by atoms with Gasteiger partial charge in [0.2, 0.25) is 5.96 Å². The lowest BCUT2D eigenvalue weighted by atomic mass is 10.1. The maximum Gasteiger partial charge on any atom is 0.249 e. The molecule has 0 aromatic rings. The molecule has 0 radical (unpaired) electrons. The Balaban J connectivity index is 1.70. The summed E-state index contributed by atoms with van der Waals surface area (Å²) in [5, 5.41) is 18.0. The van der Waals surface area contributed by atoms with E-state index >= 15 is 0 Å². The fourth-order valence-corrected chi connectivity index (χ4v) is 4.30. The molecule has 7 heteroatoms. The van der Waals surface area contributed by atoms with Gasteiger partial charge in [-0.3, -0.25) is 5.41 Å². The van der Waals surface area contributed by atoms with Crippen LogP contribution in [0.5, 0.6) is 0 Å². The quantitative estimate of drug-likeness (QED) is 0.458. The van der Waals surface area contributed by atoms with E-state index in [0.717, 1.165) is 39.3 Å². The Labute approximate surface area is 149 Å². The van der Waals surface area contributed by atoms with E-state index in [1.807, 2.05) is 4.03 Å². The van der Waals surface area contributed by atoms with Gasteiger partial charge in [0, 0.05) is 39.3 Å². The molecule has 23 heavy (non-hydrogen) atoms. The van der Waals surface area contributed by atoms with Gasteiger partial charge in [-0.15, -0.1) is 0 Å². The second-order valence-corrected chi connectivity index (χ2v) is 7.59. The molecule has 132 valence electrons. The van der Waals surface area contributed by atoms with Gasteiger partial charge < -0.3 is 0 Å². The molecule has 0 bridgehead atoms. The normalized spacial score (nSPS) is 25.3. The Morgan fingerprint density at radius 2 is 0.957 bits per heavy atom. The highest BCUT2D eigenvalue weighted by atomic mass is 79.9. The molecule has 0 spiro atoms. The smallest absolute Gasteiger partial charge is 0.249 e. The van der Waals surface area contributed by atoms with Gasteiger partial charge in [0.05, 0.1) is 16.1 Å². The summed E-state index contributed by atoms with van der Waals surface area (Å²) in [6.07, 6.45) is 11.4. The largest absolute Gasteiger partial charge is 0.265 e. The molecule has 3 heterocycles. The van der Waals surface area contributed by atoms with E-state index in [-0.39, 0.29) is 0 Å². The molecule has 3 fully saturated rings. The highest BCUT2D eigenvalue weighted by Crippen LogP contribution is 2.22. The molecule has 3 aliphatic heterocycles. The first-order chi connectivity index (χ1) is 11.3. The number of hydrogen-bond acceptors (Lipinski definition) is 4. The lowest BCUT2D eigenvalue weighted by molar-refractivity contribution is -0.152. The summed E-state index contributed by atoms with van der Waals surface area (Å²) in [4.78, 5) is 0. The Hall–Kier alpha value is -0.370. The van der Waals surface area contributed by atoms with Gasteiger partial charge in [-0.05, 0) is 38.5 Å². The minimum atomic E-state index is 0.552. The van der Waals surface area contributed by atoms with Gasteiger partial charge in [-0.25, -0.2) is 24.2 Å². The average Bonchev–Trinajstić information content (AvgIpc) is 2.64. The number of guanidine groups is 1. The molecule has 0 aromatic heterocycles. The van der Waals surface area contributed by atoms with Crippen LogP contribution in [0.25, 0.3) is 0 Å². The summed E-state index contributed by atoms with van der Waals surface area (Å²) >= 11 is 3.68. The molecule has 6 nitrogen and oxygen atoms in total. The van der Waals surface area contributed by atoms with Crippen molar-refractivity contribution in [3.05, 3.63) is 0 Å². The van der Waals surface area contributed by atoms with Gasteiger partial charge >= 0.3 is 0 Å². The van der Waals surface area contributed by atoms with E-state index in [0.29, 0.717) is 5.96 Å². The highest BCUT2D eigenvalue weighted by Gasteiger charge is 2.32. The molecule has 3 rings (SSSR count). The van der Waals surface area contributed by atoms with E-state index in [4.69, 9.17) is 5.41 Å². The average molecular weight is 387 g/mol. The van der Waals surface area contributed by atoms with E-state index in [1.165, 1.54) is 57.8 Å². The van der Waals surface area contributed by atoms with Crippen LogP contribution in [0.15, 0.2) is 0 Å². The summed E-state index contributed by atoms with van der Waals surface area (Å²) < 4.78 is 1.91. The number of hydrogen-bond donors (Lipinski definition) is 1. The molecule has 3 aliphatic rings. The Bertz CT molecular complexity index is 357. The van der Waals surface area contributed by atoms with Crippen molar-refractivity contribution in [3.8, 4) is 0 Å². The van der Waals surface area contributed by atoms with Crippen LogP contribution in [0, 0.1) is 5.41 Å². The molecule has 3 saturated heterocycles. The summed E-state index contributed by atoms with van der Waals surface area (Å²) in [6, 6.07) is 0. The molecule has 0 unspecified atom stereocenters. The van der Waals surface area contributed by atoms with E-state index in [1.54, 1.807) is 0 Å². The molecular weight excluding hydrogens is 356 g/mol. The van der Waals surface area contributed by atoms with Crippen LogP contribution in [-0.2, 0) is 0 Å². The van der Waals surface area contributed by atoms with Crippen molar-refractivity contribution in [2.75, 3.05) is 39.3 Å². The number of nitrogens with one attached hydrogen (secondary N) is 1.